The summed E-state index contributed by atoms with van der Waals surface area (Å²) in [4.78, 5) is 31.5. The number of hydrogen-bond acceptors (Lipinski definition) is 10. The van der Waals surface area contributed by atoms with Crippen LogP contribution >= 0.6 is 0 Å². The van der Waals surface area contributed by atoms with Gasteiger partial charge in [-0.25, -0.2) is 4.79 Å². The first kappa shape index (κ1) is 38.7. The lowest BCUT2D eigenvalue weighted by molar-refractivity contribution is -0.137. The normalized spacial score (nSPS) is 23.1. The van der Waals surface area contributed by atoms with E-state index in [1.807, 2.05) is 78.9 Å². The number of likely N-dealkylation sites (N-methyl/N-ethyl adjacent to an activating group) is 1. The highest BCUT2D eigenvalue weighted by molar-refractivity contribution is 5.86. The molecule has 7 atom stereocenters. The van der Waals surface area contributed by atoms with Crippen molar-refractivity contribution in [3.63, 3.8) is 0 Å². The fourth-order valence-electron chi connectivity index (χ4n) is 7.69. The predicted molar refractivity (Wildman–Crippen MR) is 198 cm³/mol. The van der Waals surface area contributed by atoms with E-state index in [9.17, 15) is 19.8 Å². The number of morpholine rings is 1. The fourth-order valence-corrected chi connectivity index (χ4v) is 7.69. The average molecular weight is 732 g/mol. The maximum Gasteiger partial charge on any atom is 0.408 e. The Morgan fingerprint density at radius 1 is 1.02 bits per heavy atom. The van der Waals surface area contributed by atoms with Gasteiger partial charge in [-0.3, -0.25) is 9.69 Å². The topological polar surface area (TPSA) is 139 Å². The number of hydrogen-bond donors (Lipinski definition) is 3. The van der Waals surface area contributed by atoms with Crippen LogP contribution < -0.4 is 10.1 Å². The molecule has 2 saturated heterocycles. The Balaban J connectivity index is 1.19. The van der Waals surface area contributed by atoms with E-state index in [-0.39, 0.29) is 19.1 Å². The summed E-state index contributed by atoms with van der Waals surface area (Å²) in [6.45, 7) is 5.23. The number of nitrogens with zero attached hydrogens (tertiary/aromatic N) is 2. The first-order valence-electron chi connectivity index (χ1n) is 18.6. The molecule has 0 spiro atoms. The Morgan fingerprint density at radius 2 is 1.75 bits per heavy atom. The minimum absolute atomic E-state index is 0.0918. The molecule has 0 radical (unpaired) electrons. The van der Waals surface area contributed by atoms with Crippen molar-refractivity contribution in [1.29, 1.82) is 0 Å². The zero-order valence-electron chi connectivity index (χ0n) is 30.7. The molecule has 53 heavy (non-hydrogen) atoms. The molecule has 0 saturated carbocycles. The van der Waals surface area contributed by atoms with Gasteiger partial charge in [-0.15, -0.1) is 0 Å². The maximum atomic E-state index is 14.4. The van der Waals surface area contributed by atoms with Gasteiger partial charge in [0, 0.05) is 59.0 Å². The van der Waals surface area contributed by atoms with Gasteiger partial charge in [0.2, 0.25) is 5.91 Å². The molecular formula is C41H53N3O9. The summed E-state index contributed by atoms with van der Waals surface area (Å²) >= 11 is 0. The number of ether oxygens (including phenoxy) is 5. The van der Waals surface area contributed by atoms with Crippen molar-refractivity contribution < 1.29 is 43.5 Å². The average Bonchev–Trinajstić information content (AvgIpc) is 3.76. The first-order chi connectivity index (χ1) is 25.8. The van der Waals surface area contributed by atoms with Gasteiger partial charge in [-0.2, -0.15) is 0 Å². The van der Waals surface area contributed by atoms with Crippen LogP contribution in [-0.4, -0.2) is 129 Å². The molecule has 12 nitrogen and oxygen atoms in total. The molecule has 2 aliphatic heterocycles. The molecule has 3 N–H and O–H groups in total. The number of carbonyl (C=O) groups excluding carboxylic acids is 2. The molecule has 6 rings (SSSR count). The SMILES string of the molecule is COC[C@@H]1C[C@H](OC(=O)N[C@H](C[C@H](O)[C@@H](Cc2ccccc2)c2ccc(OCCN3CCOCC3)cc2)C(=O)N(C)[C@H]2c3ccccc3C[C@H]2O)CO1. The van der Waals surface area contributed by atoms with E-state index in [0.717, 1.165) is 60.9 Å². The van der Waals surface area contributed by atoms with E-state index in [0.29, 0.717) is 32.5 Å². The van der Waals surface area contributed by atoms with E-state index in [1.165, 1.54) is 4.90 Å². The molecule has 3 aromatic rings. The standard InChI is InChI=1S/C41H53N3O9/c1-43(39-34-11-7-6-10-30(34)23-38(39)46)40(47)36(42-41(48)53-33-24-32(26-49-2)52-27-33)25-37(45)35(22-28-8-4-3-5-9-28)29-12-14-31(15-13-29)51-21-18-44-16-19-50-20-17-44/h3-15,32-33,35-39,45-46H,16-27H2,1-2H3,(H,42,48)/t32-,33-,35-,36+,37-,38+,39-/m0/s1. The summed E-state index contributed by atoms with van der Waals surface area (Å²) in [5.74, 6) is -0.133. The zero-order valence-corrected chi connectivity index (χ0v) is 30.7. The zero-order chi connectivity index (χ0) is 37.2. The number of benzene rings is 3. The third-order valence-corrected chi connectivity index (χ3v) is 10.5. The van der Waals surface area contributed by atoms with Gasteiger partial charge in [0.1, 0.15) is 24.5 Å². The summed E-state index contributed by atoms with van der Waals surface area (Å²) in [5.41, 5.74) is 3.72. The molecule has 3 aliphatic rings. The van der Waals surface area contributed by atoms with Crippen LogP contribution in [0.1, 0.15) is 47.1 Å². The Bertz CT molecular complexity index is 1600. The minimum Gasteiger partial charge on any atom is -0.492 e. The molecule has 286 valence electrons. The number of methoxy groups -OCH3 is 1. The van der Waals surface area contributed by atoms with Crippen molar-refractivity contribution in [1.82, 2.24) is 15.1 Å². The second-order valence-electron chi connectivity index (χ2n) is 14.2. The van der Waals surface area contributed by atoms with Crippen molar-refractivity contribution in [2.45, 2.75) is 68.1 Å². The van der Waals surface area contributed by atoms with Crippen molar-refractivity contribution in [3.8, 4) is 5.75 Å². The van der Waals surface area contributed by atoms with Crippen LogP contribution in [0.2, 0.25) is 0 Å². The van der Waals surface area contributed by atoms with Gasteiger partial charge in [0.15, 0.2) is 0 Å². The van der Waals surface area contributed by atoms with E-state index in [1.54, 1.807) is 14.2 Å². The van der Waals surface area contributed by atoms with Crippen molar-refractivity contribution in [3.05, 3.63) is 101 Å². The lowest BCUT2D eigenvalue weighted by Crippen LogP contribution is -2.51. The Kier molecular flexibility index (Phi) is 13.7. The molecule has 0 aromatic heterocycles. The van der Waals surface area contributed by atoms with Gasteiger partial charge >= 0.3 is 6.09 Å². The lowest BCUT2D eigenvalue weighted by atomic mass is 9.84. The van der Waals surface area contributed by atoms with Crippen LogP contribution in [0.4, 0.5) is 4.79 Å². The molecule has 2 heterocycles. The van der Waals surface area contributed by atoms with Crippen LogP contribution in [0, 0.1) is 0 Å². The second kappa shape index (κ2) is 18.8. The maximum absolute atomic E-state index is 14.4. The van der Waals surface area contributed by atoms with Gasteiger partial charge in [-0.1, -0.05) is 66.7 Å². The molecular weight excluding hydrogens is 678 g/mol. The Labute approximate surface area is 311 Å². The van der Waals surface area contributed by atoms with Crippen LogP contribution in [0.15, 0.2) is 78.9 Å². The van der Waals surface area contributed by atoms with Gasteiger partial charge < -0.3 is 44.1 Å². The number of nitrogens with one attached hydrogen (secondary N) is 1. The quantitative estimate of drug-likeness (QED) is 0.201. The summed E-state index contributed by atoms with van der Waals surface area (Å²) in [7, 11) is 3.22. The van der Waals surface area contributed by atoms with E-state index < -0.39 is 48.3 Å². The van der Waals surface area contributed by atoms with Crippen LogP contribution in [0.3, 0.4) is 0 Å². The molecule has 2 fully saturated rings. The van der Waals surface area contributed by atoms with Crippen molar-refractivity contribution in [2.24, 2.45) is 0 Å². The van der Waals surface area contributed by atoms with Crippen LogP contribution in [0.5, 0.6) is 5.75 Å². The summed E-state index contributed by atoms with van der Waals surface area (Å²) in [6.07, 6.45) is -2.04. The molecule has 2 amide bonds. The molecule has 12 heteroatoms. The van der Waals surface area contributed by atoms with Gasteiger partial charge in [-0.05, 0) is 40.8 Å². The third-order valence-electron chi connectivity index (χ3n) is 10.5. The number of fused-ring (bicyclic) bond motifs is 1. The molecule has 0 bridgehead atoms. The number of amides is 2. The first-order valence-corrected chi connectivity index (χ1v) is 18.6. The summed E-state index contributed by atoms with van der Waals surface area (Å²) < 4.78 is 28.1. The number of rotatable bonds is 16. The van der Waals surface area contributed by atoms with Crippen LogP contribution in [0.25, 0.3) is 0 Å². The predicted octanol–water partition coefficient (Wildman–Crippen LogP) is 3.49. The summed E-state index contributed by atoms with van der Waals surface area (Å²) in [5, 5.41) is 25.9. The summed E-state index contributed by atoms with van der Waals surface area (Å²) in [6, 6.07) is 23.5. The molecule has 3 aromatic carbocycles. The monoisotopic (exact) mass is 731 g/mol. The second-order valence-corrected chi connectivity index (χ2v) is 14.2. The number of aliphatic hydroxyl groups is 2. The van der Waals surface area contributed by atoms with E-state index in [4.69, 9.17) is 23.7 Å². The highest BCUT2D eigenvalue weighted by Gasteiger charge is 2.40. The van der Waals surface area contributed by atoms with Gasteiger partial charge in [0.25, 0.3) is 0 Å². The van der Waals surface area contributed by atoms with Gasteiger partial charge in [0.05, 0.1) is 50.8 Å². The highest BCUT2D eigenvalue weighted by atomic mass is 16.6. The third kappa shape index (κ3) is 10.3. The number of carbonyl (C=O) groups is 2. The Morgan fingerprint density at radius 3 is 2.51 bits per heavy atom. The van der Waals surface area contributed by atoms with Crippen LogP contribution in [-0.2, 0) is 36.6 Å². The highest BCUT2D eigenvalue weighted by Crippen LogP contribution is 2.36. The number of alkyl carbamates (subject to hydrolysis) is 1. The Hall–Kier alpha value is -4.04. The smallest absolute Gasteiger partial charge is 0.408 e. The lowest BCUT2D eigenvalue weighted by Gasteiger charge is -2.33. The largest absolute Gasteiger partial charge is 0.492 e. The number of aliphatic hydroxyl groups excluding tert-OH is 2. The van der Waals surface area contributed by atoms with E-state index in [2.05, 4.69) is 10.2 Å². The van der Waals surface area contributed by atoms with Crippen molar-refractivity contribution in [2.75, 3.05) is 66.8 Å². The minimum atomic E-state index is -1.15. The molecule has 0 unspecified atom stereocenters. The fraction of sp³-hybridized carbons (Fsp3) is 0.512. The van der Waals surface area contributed by atoms with Crippen molar-refractivity contribution >= 4 is 12.0 Å². The molecule has 1 aliphatic carbocycles. The van der Waals surface area contributed by atoms with E-state index >= 15 is 0 Å².